The second kappa shape index (κ2) is 5.21. The van der Waals surface area contributed by atoms with Gasteiger partial charge in [-0.15, -0.1) is 0 Å². The molecule has 0 radical (unpaired) electrons. The summed E-state index contributed by atoms with van der Waals surface area (Å²) in [6.45, 7) is 1.52. The second-order valence-electron chi connectivity index (χ2n) is 6.58. The molecule has 25 heavy (non-hydrogen) atoms. The van der Waals surface area contributed by atoms with E-state index in [-0.39, 0.29) is 6.42 Å². The van der Waals surface area contributed by atoms with Gasteiger partial charge in [0.15, 0.2) is 10.8 Å². The van der Waals surface area contributed by atoms with Gasteiger partial charge >= 0.3 is 0 Å². The first kappa shape index (κ1) is 16.8. The maximum Gasteiger partial charge on any atom is 0.245 e. The summed E-state index contributed by atoms with van der Waals surface area (Å²) in [6.07, 6.45) is -0.0310. The molecular weight excluding hydrogens is 320 g/mol. The third kappa shape index (κ3) is 1.78. The zero-order valence-electron chi connectivity index (χ0n) is 13.8. The number of aliphatic hydroxyl groups is 1. The van der Waals surface area contributed by atoms with E-state index in [1.165, 1.54) is 14.0 Å². The molecule has 0 unspecified atom stereocenters. The van der Waals surface area contributed by atoms with Crippen molar-refractivity contribution in [2.24, 2.45) is 16.7 Å². The minimum atomic E-state index is -1.95. The summed E-state index contributed by atoms with van der Waals surface area (Å²) >= 11 is 0. The van der Waals surface area contributed by atoms with Crippen molar-refractivity contribution in [3.05, 3.63) is 29.8 Å². The van der Waals surface area contributed by atoms with Crippen molar-refractivity contribution < 1.29 is 14.6 Å². The van der Waals surface area contributed by atoms with Gasteiger partial charge in [-0.1, -0.05) is 19.1 Å². The Bertz CT molecular complexity index is 846. The maximum atomic E-state index is 12.6. The van der Waals surface area contributed by atoms with Gasteiger partial charge in [-0.3, -0.25) is 4.79 Å². The summed E-state index contributed by atoms with van der Waals surface area (Å²) in [5.41, 5.74) is -4.92. The number of rotatable bonds is 2. The number of methoxy groups -OCH3 is 1. The average molecular weight is 336 g/mol. The molecule has 1 aliphatic heterocycles. The van der Waals surface area contributed by atoms with Crippen molar-refractivity contribution in [1.82, 2.24) is 5.32 Å². The van der Waals surface area contributed by atoms with Crippen molar-refractivity contribution in [3.63, 3.8) is 0 Å². The fraction of sp³-hybridized carbons (Fsp3) is 0.444. The predicted molar refractivity (Wildman–Crippen MR) is 84.3 cm³/mol. The number of benzene rings is 1. The Morgan fingerprint density at radius 3 is 2.28 bits per heavy atom. The van der Waals surface area contributed by atoms with E-state index in [9.17, 15) is 25.7 Å². The van der Waals surface area contributed by atoms with Crippen LogP contribution in [0.2, 0.25) is 0 Å². The molecule has 2 N–H and O–H groups in total. The van der Waals surface area contributed by atoms with Crippen LogP contribution in [0.4, 0.5) is 0 Å². The fourth-order valence-electron chi connectivity index (χ4n) is 4.24. The van der Waals surface area contributed by atoms with E-state index in [4.69, 9.17) is 4.74 Å². The first-order valence-corrected chi connectivity index (χ1v) is 7.78. The van der Waals surface area contributed by atoms with Crippen LogP contribution in [0.25, 0.3) is 0 Å². The largest absolute Gasteiger partial charge is 0.497 e. The lowest BCUT2D eigenvalue weighted by atomic mass is 9.48. The molecule has 1 amide bonds. The molecule has 1 aromatic rings. The smallest absolute Gasteiger partial charge is 0.245 e. The number of nitrogens with zero attached hydrogens (tertiary/aromatic N) is 3. The summed E-state index contributed by atoms with van der Waals surface area (Å²) in [7, 11) is 1.52. The number of nitriles is 3. The van der Waals surface area contributed by atoms with Crippen molar-refractivity contribution in [2.45, 2.75) is 25.0 Å². The van der Waals surface area contributed by atoms with Gasteiger partial charge < -0.3 is 15.2 Å². The third-order valence-electron chi connectivity index (χ3n) is 5.76. The Kier molecular flexibility index (Phi) is 3.49. The van der Waals surface area contributed by atoms with Crippen LogP contribution < -0.4 is 10.1 Å². The summed E-state index contributed by atoms with van der Waals surface area (Å²) < 4.78 is 5.11. The zero-order valence-corrected chi connectivity index (χ0v) is 13.8. The van der Waals surface area contributed by atoms with Gasteiger partial charge in [0.05, 0.1) is 25.3 Å². The van der Waals surface area contributed by atoms with Gasteiger partial charge in [0, 0.05) is 18.3 Å². The molecule has 1 saturated heterocycles. The normalized spacial score (nSPS) is 35.0. The van der Waals surface area contributed by atoms with E-state index in [0.29, 0.717) is 11.3 Å². The van der Waals surface area contributed by atoms with Crippen LogP contribution in [-0.2, 0) is 4.79 Å². The first-order valence-electron chi connectivity index (χ1n) is 7.78. The number of ether oxygens (including phenoxy) is 1. The van der Waals surface area contributed by atoms with E-state index in [2.05, 4.69) is 5.32 Å². The standard InChI is InChI=1S/C18H16N4O3/c1-11-17(10-21)15(23)22-18(11,24)7-14(16(17,8-19)9-20)12-3-5-13(25-2)6-4-12/h3-6,11,14,24H,7H2,1-2H3,(H,22,23)/t11-,14+,17+,18-/m0/s1. The molecule has 2 aliphatic rings. The highest BCUT2D eigenvalue weighted by atomic mass is 16.5. The van der Waals surface area contributed by atoms with Crippen LogP contribution in [0.5, 0.6) is 5.75 Å². The summed E-state index contributed by atoms with van der Waals surface area (Å²) in [5, 5.41) is 43.0. The van der Waals surface area contributed by atoms with E-state index >= 15 is 0 Å². The molecular formula is C18H16N4O3. The number of hydrogen-bond acceptors (Lipinski definition) is 6. The van der Waals surface area contributed by atoms with Crippen molar-refractivity contribution in [3.8, 4) is 24.0 Å². The van der Waals surface area contributed by atoms with Crippen LogP contribution in [0.1, 0.15) is 24.8 Å². The minimum Gasteiger partial charge on any atom is -0.497 e. The Hall–Kier alpha value is -3.08. The SMILES string of the molecule is COc1ccc([C@H]2C[C@@]3(O)NC(=O)[C@@](C#N)([C@@H]3C)C2(C#N)C#N)cc1. The molecule has 2 fully saturated rings. The highest BCUT2D eigenvalue weighted by Gasteiger charge is 2.77. The maximum absolute atomic E-state index is 12.6. The summed E-state index contributed by atoms with van der Waals surface area (Å²) in [5.74, 6) is -1.89. The molecule has 0 aromatic heterocycles. The first-order chi connectivity index (χ1) is 11.8. The molecule has 4 atom stereocenters. The summed E-state index contributed by atoms with van der Waals surface area (Å²) in [6, 6.07) is 12.5. The minimum absolute atomic E-state index is 0.0310. The van der Waals surface area contributed by atoms with Gasteiger partial charge in [-0.05, 0) is 17.7 Å². The molecule has 1 aromatic carbocycles. The van der Waals surface area contributed by atoms with Gasteiger partial charge in [0.1, 0.15) is 11.5 Å². The number of amides is 1. The molecule has 1 heterocycles. The number of fused-ring (bicyclic) bond motifs is 2. The van der Waals surface area contributed by atoms with Crippen molar-refractivity contribution in [2.75, 3.05) is 7.11 Å². The van der Waals surface area contributed by atoms with E-state index in [1.807, 2.05) is 18.2 Å². The molecule has 3 rings (SSSR count). The van der Waals surface area contributed by atoms with Crippen LogP contribution in [0, 0.1) is 50.7 Å². The van der Waals surface area contributed by atoms with Crippen molar-refractivity contribution >= 4 is 5.91 Å². The van der Waals surface area contributed by atoms with Gasteiger partial charge in [-0.25, -0.2) is 0 Å². The monoisotopic (exact) mass is 336 g/mol. The van der Waals surface area contributed by atoms with Crippen LogP contribution in [0.15, 0.2) is 24.3 Å². The summed E-state index contributed by atoms with van der Waals surface area (Å²) in [4.78, 5) is 12.6. The van der Waals surface area contributed by atoms with Gasteiger partial charge in [-0.2, -0.15) is 15.8 Å². The lowest BCUT2D eigenvalue weighted by Crippen LogP contribution is -2.57. The lowest BCUT2D eigenvalue weighted by molar-refractivity contribution is -0.130. The highest BCUT2D eigenvalue weighted by molar-refractivity contribution is 5.92. The van der Waals surface area contributed by atoms with E-state index < -0.39 is 34.3 Å². The molecule has 1 saturated carbocycles. The number of hydrogen-bond donors (Lipinski definition) is 2. The Balaban J connectivity index is 2.26. The number of carbonyl (C=O) groups excluding carboxylic acids is 1. The van der Waals surface area contributed by atoms with Crippen LogP contribution in [0.3, 0.4) is 0 Å². The molecule has 1 aliphatic carbocycles. The van der Waals surface area contributed by atoms with Gasteiger partial charge in [0.2, 0.25) is 5.91 Å². The van der Waals surface area contributed by atoms with Crippen LogP contribution in [-0.4, -0.2) is 23.8 Å². The zero-order chi connectivity index (χ0) is 18.5. The molecule has 7 nitrogen and oxygen atoms in total. The quantitative estimate of drug-likeness (QED) is 0.834. The fourth-order valence-corrected chi connectivity index (χ4v) is 4.24. The topological polar surface area (TPSA) is 130 Å². The number of nitrogens with one attached hydrogen (secondary N) is 1. The second-order valence-corrected chi connectivity index (χ2v) is 6.58. The average Bonchev–Trinajstić information content (AvgIpc) is 2.77. The van der Waals surface area contributed by atoms with Crippen LogP contribution >= 0.6 is 0 Å². The van der Waals surface area contributed by atoms with E-state index in [0.717, 1.165) is 0 Å². The Morgan fingerprint density at radius 2 is 1.80 bits per heavy atom. The van der Waals surface area contributed by atoms with E-state index in [1.54, 1.807) is 24.3 Å². The van der Waals surface area contributed by atoms with Gasteiger partial charge in [0.25, 0.3) is 0 Å². The lowest BCUT2D eigenvalue weighted by Gasteiger charge is -2.48. The molecule has 126 valence electrons. The Morgan fingerprint density at radius 1 is 1.20 bits per heavy atom. The molecule has 0 spiro atoms. The molecule has 2 bridgehead atoms. The predicted octanol–water partition coefficient (Wildman–Crippen LogP) is 1.18. The number of carbonyl (C=O) groups is 1. The van der Waals surface area contributed by atoms with Crippen molar-refractivity contribution in [1.29, 1.82) is 15.8 Å². The highest BCUT2D eigenvalue weighted by Crippen LogP contribution is 2.64. The Labute approximate surface area is 145 Å². The third-order valence-corrected chi connectivity index (χ3v) is 5.76. The molecule has 7 heteroatoms.